The first-order valence-corrected chi connectivity index (χ1v) is 6.64. The van der Waals surface area contributed by atoms with E-state index in [0.29, 0.717) is 6.61 Å². The number of rotatable bonds is 2. The molecular formula is C13H16BrNO3. The summed E-state index contributed by atoms with van der Waals surface area (Å²) in [5, 5.41) is 12.7. The van der Waals surface area contributed by atoms with E-state index >= 15 is 0 Å². The third-order valence-corrected chi connectivity index (χ3v) is 3.98. The number of hydrogen-bond acceptors (Lipinski definition) is 3. The summed E-state index contributed by atoms with van der Waals surface area (Å²) in [6, 6.07) is 4.83. The molecule has 2 unspecified atom stereocenters. The van der Waals surface area contributed by atoms with Gasteiger partial charge in [-0.15, -0.1) is 0 Å². The summed E-state index contributed by atoms with van der Waals surface area (Å²) in [6.45, 7) is 4.54. The normalized spacial score (nSPS) is 27.2. The second kappa shape index (κ2) is 4.90. The van der Waals surface area contributed by atoms with E-state index in [1.807, 2.05) is 13.8 Å². The number of hydrogen-bond donors (Lipinski definition) is 2. The van der Waals surface area contributed by atoms with E-state index in [4.69, 9.17) is 4.74 Å². The van der Waals surface area contributed by atoms with Crippen molar-refractivity contribution in [2.24, 2.45) is 0 Å². The number of halogens is 1. The van der Waals surface area contributed by atoms with E-state index in [0.717, 1.165) is 10.9 Å². The Balaban J connectivity index is 2.17. The summed E-state index contributed by atoms with van der Waals surface area (Å²) < 4.78 is 6.21. The van der Waals surface area contributed by atoms with Crippen LogP contribution in [0.2, 0.25) is 0 Å². The number of phenols is 1. The average molecular weight is 314 g/mol. The average Bonchev–Trinajstić information content (AvgIpc) is 2.58. The molecule has 1 aliphatic heterocycles. The lowest BCUT2D eigenvalue weighted by molar-refractivity contribution is 0.0725. The fourth-order valence-corrected chi connectivity index (χ4v) is 2.37. The molecule has 0 aromatic heterocycles. The number of benzene rings is 1. The van der Waals surface area contributed by atoms with Crippen molar-refractivity contribution in [3.63, 3.8) is 0 Å². The molecule has 0 spiro atoms. The number of ether oxygens (including phenoxy) is 1. The Morgan fingerprint density at radius 1 is 1.61 bits per heavy atom. The number of amides is 1. The third-order valence-electron chi connectivity index (χ3n) is 3.49. The topological polar surface area (TPSA) is 58.6 Å². The maximum atomic E-state index is 12.1. The molecule has 0 saturated carbocycles. The van der Waals surface area contributed by atoms with Gasteiger partial charge in [0.05, 0.1) is 17.2 Å². The fraction of sp³-hybridized carbons (Fsp3) is 0.462. The van der Waals surface area contributed by atoms with Gasteiger partial charge in [-0.1, -0.05) is 15.9 Å². The molecule has 2 N–H and O–H groups in total. The number of phenolic OH excluding ortho intramolecular Hbond substituents is 1. The van der Waals surface area contributed by atoms with Crippen molar-refractivity contribution < 1.29 is 14.6 Å². The SMILES string of the molecule is CC1OCCC1(C)NC(=O)c1ccc(Br)cc1O. The van der Waals surface area contributed by atoms with Gasteiger partial charge in [0.2, 0.25) is 0 Å². The molecule has 0 bridgehead atoms. The highest BCUT2D eigenvalue weighted by Gasteiger charge is 2.38. The Bertz CT molecular complexity index is 477. The van der Waals surface area contributed by atoms with Crippen molar-refractivity contribution in [1.29, 1.82) is 0 Å². The lowest BCUT2D eigenvalue weighted by atomic mass is 9.94. The summed E-state index contributed by atoms with van der Waals surface area (Å²) >= 11 is 3.24. The minimum absolute atomic E-state index is 0.0287. The fourth-order valence-electron chi connectivity index (χ4n) is 2.02. The first kappa shape index (κ1) is 13.4. The molecule has 5 heteroatoms. The predicted molar refractivity (Wildman–Crippen MR) is 71.7 cm³/mol. The zero-order valence-corrected chi connectivity index (χ0v) is 12.0. The molecule has 1 aliphatic rings. The van der Waals surface area contributed by atoms with Crippen LogP contribution in [0.25, 0.3) is 0 Å². The van der Waals surface area contributed by atoms with Gasteiger partial charge in [-0.2, -0.15) is 0 Å². The molecule has 18 heavy (non-hydrogen) atoms. The van der Waals surface area contributed by atoms with Gasteiger partial charge in [-0.05, 0) is 38.5 Å². The van der Waals surface area contributed by atoms with Crippen molar-refractivity contribution in [3.05, 3.63) is 28.2 Å². The van der Waals surface area contributed by atoms with E-state index in [9.17, 15) is 9.90 Å². The molecule has 0 radical (unpaired) electrons. The molecule has 4 nitrogen and oxygen atoms in total. The summed E-state index contributed by atoms with van der Waals surface area (Å²) in [5.41, 5.74) is -0.102. The van der Waals surface area contributed by atoms with E-state index in [1.165, 1.54) is 6.07 Å². The molecule has 98 valence electrons. The van der Waals surface area contributed by atoms with Gasteiger partial charge in [-0.3, -0.25) is 4.79 Å². The van der Waals surface area contributed by atoms with Crippen molar-refractivity contribution in [2.45, 2.75) is 31.9 Å². The first-order valence-electron chi connectivity index (χ1n) is 5.85. The molecule has 1 heterocycles. The Morgan fingerprint density at radius 2 is 2.33 bits per heavy atom. The van der Waals surface area contributed by atoms with E-state index in [2.05, 4.69) is 21.2 Å². The van der Waals surface area contributed by atoms with Gasteiger partial charge >= 0.3 is 0 Å². The zero-order chi connectivity index (χ0) is 13.3. The van der Waals surface area contributed by atoms with Crippen LogP contribution in [0, 0.1) is 0 Å². The quantitative estimate of drug-likeness (QED) is 0.881. The maximum Gasteiger partial charge on any atom is 0.255 e. The maximum absolute atomic E-state index is 12.1. The van der Waals surface area contributed by atoms with Gasteiger partial charge < -0.3 is 15.2 Å². The van der Waals surface area contributed by atoms with E-state index in [-0.39, 0.29) is 28.9 Å². The second-order valence-electron chi connectivity index (χ2n) is 4.80. The van der Waals surface area contributed by atoms with Crippen LogP contribution in [0.15, 0.2) is 22.7 Å². The van der Waals surface area contributed by atoms with Crippen LogP contribution in [-0.2, 0) is 4.74 Å². The lowest BCUT2D eigenvalue weighted by Crippen LogP contribution is -2.50. The van der Waals surface area contributed by atoms with Gasteiger partial charge in [0.25, 0.3) is 5.91 Å². The Morgan fingerprint density at radius 3 is 2.89 bits per heavy atom. The molecule has 1 amide bonds. The van der Waals surface area contributed by atoms with Crippen molar-refractivity contribution in [1.82, 2.24) is 5.32 Å². The molecule has 1 fully saturated rings. The predicted octanol–water partition coefficient (Wildman–Crippen LogP) is 2.45. The van der Waals surface area contributed by atoms with Crippen LogP contribution in [0.3, 0.4) is 0 Å². The van der Waals surface area contributed by atoms with Gasteiger partial charge in [0.1, 0.15) is 5.75 Å². The molecule has 1 saturated heterocycles. The lowest BCUT2D eigenvalue weighted by Gasteiger charge is -2.29. The molecule has 1 aromatic rings. The summed E-state index contributed by atoms with van der Waals surface area (Å²) in [4.78, 5) is 12.1. The second-order valence-corrected chi connectivity index (χ2v) is 5.71. The van der Waals surface area contributed by atoms with Crippen LogP contribution in [0.1, 0.15) is 30.6 Å². The number of carbonyl (C=O) groups excluding carboxylic acids is 1. The highest BCUT2D eigenvalue weighted by Crippen LogP contribution is 2.27. The molecule has 0 aliphatic carbocycles. The van der Waals surface area contributed by atoms with Crippen LogP contribution in [-0.4, -0.2) is 29.3 Å². The summed E-state index contributed by atoms with van der Waals surface area (Å²) in [7, 11) is 0. The molecule has 2 atom stereocenters. The minimum Gasteiger partial charge on any atom is -0.507 e. The highest BCUT2D eigenvalue weighted by atomic mass is 79.9. The van der Waals surface area contributed by atoms with Crippen LogP contribution in [0.5, 0.6) is 5.75 Å². The standard InChI is InChI=1S/C13H16BrNO3/c1-8-13(2,5-6-18-8)15-12(17)10-4-3-9(14)7-11(10)16/h3-4,7-8,16H,5-6H2,1-2H3,(H,15,17). The van der Waals surface area contributed by atoms with Crippen LogP contribution in [0.4, 0.5) is 0 Å². The summed E-state index contributed by atoms with van der Waals surface area (Å²) in [6.07, 6.45) is 0.746. The monoisotopic (exact) mass is 313 g/mol. The smallest absolute Gasteiger partial charge is 0.255 e. The van der Waals surface area contributed by atoms with E-state index in [1.54, 1.807) is 12.1 Å². The first-order chi connectivity index (χ1) is 8.42. The molecular weight excluding hydrogens is 298 g/mol. The third kappa shape index (κ3) is 2.52. The Labute approximate surface area is 114 Å². The molecule has 1 aromatic carbocycles. The number of carbonyl (C=O) groups is 1. The van der Waals surface area contributed by atoms with Gasteiger partial charge in [0.15, 0.2) is 0 Å². The summed E-state index contributed by atoms with van der Waals surface area (Å²) in [5.74, 6) is -0.308. The molecule has 2 rings (SSSR count). The number of aromatic hydroxyl groups is 1. The van der Waals surface area contributed by atoms with Gasteiger partial charge in [0, 0.05) is 11.1 Å². The number of nitrogens with one attached hydrogen (secondary N) is 1. The van der Waals surface area contributed by atoms with Crippen LogP contribution >= 0.6 is 15.9 Å². The van der Waals surface area contributed by atoms with Gasteiger partial charge in [-0.25, -0.2) is 0 Å². The van der Waals surface area contributed by atoms with Crippen molar-refractivity contribution in [2.75, 3.05) is 6.61 Å². The zero-order valence-electron chi connectivity index (χ0n) is 10.4. The minimum atomic E-state index is -0.378. The van der Waals surface area contributed by atoms with Crippen molar-refractivity contribution >= 4 is 21.8 Å². The Kier molecular flexibility index (Phi) is 3.64. The van der Waals surface area contributed by atoms with Crippen LogP contribution < -0.4 is 5.32 Å². The highest BCUT2D eigenvalue weighted by molar-refractivity contribution is 9.10. The van der Waals surface area contributed by atoms with E-state index < -0.39 is 0 Å². The largest absolute Gasteiger partial charge is 0.507 e. The van der Waals surface area contributed by atoms with Crippen molar-refractivity contribution in [3.8, 4) is 5.75 Å². The Hall–Kier alpha value is -1.07.